The number of carboxylic acids is 1. The number of aliphatic carboxylic acids is 1. The van der Waals surface area contributed by atoms with Gasteiger partial charge in [0, 0.05) is 11.3 Å². The molecule has 0 fully saturated rings. The molecule has 1 N–H and O–H groups in total. The van der Waals surface area contributed by atoms with Gasteiger partial charge in [-0.15, -0.1) is 11.3 Å². The summed E-state index contributed by atoms with van der Waals surface area (Å²) in [5.74, 6) is -0.552. The fourth-order valence-electron chi connectivity index (χ4n) is 1.19. The van der Waals surface area contributed by atoms with Crippen molar-refractivity contribution >= 4 is 17.3 Å². The first-order chi connectivity index (χ1) is 7.00. The van der Waals surface area contributed by atoms with Gasteiger partial charge in [0.1, 0.15) is 0 Å². The first-order valence-corrected chi connectivity index (χ1v) is 6.05. The first kappa shape index (κ1) is 12.2. The van der Waals surface area contributed by atoms with E-state index in [1.807, 2.05) is 5.38 Å². The highest BCUT2D eigenvalue weighted by Gasteiger charge is 2.12. The first-order valence-electron chi connectivity index (χ1n) is 5.17. The molecule has 15 heavy (non-hydrogen) atoms. The summed E-state index contributed by atoms with van der Waals surface area (Å²) in [7, 11) is 0. The lowest BCUT2D eigenvalue weighted by Gasteiger charge is -2.03. The van der Waals surface area contributed by atoms with Crippen molar-refractivity contribution in [3.63, 3.8) is 0 Å². The molecule has 0 bridgehead atoms. The Morgan fingerprint density at radius 1 is 1.53 bits per heavy atom. The highest BCUT2D eigenvalue weighted by atomic mass is 32.1. The predicted octanol–water partition coefficient (Wildman–Crippen LogP) is 2.92. The lowest BCUT2D eigenvalue weighted by molar-refractivity contribution is -0.141. The molecule has 0 radical (unpaired) electrons. The van der Waals surface area contributed by atoms with Crippen LogP contribution < -0.4 is 0 Å². The average molecular weight is 227 g/mol. The summed E-state index contributed by atoms with van der Waals surface area (Å²) < 4.78 is 0. The summed E-state index contributed by atoms with van der Waals surface area (Å²) in [6.45, 7) is 5.96. The average Bonchev–Trinajstić information content (AvgIpc) is 2.62. The van der Waals surface area contributed by atoms with Crippen molar-refractivity contribution in [3.8, 4) is 0 Å². The summed E-state index contributed by atoms with van der Waals surface area (Å²) in [5.41, 5.74) is 1.02. The predicted molar refractivity (Wildman–Crippen MR) is 61.3 cm³/mol. The largest absolute Gasteiger partial charge is 0.481 e. The Morgan fingerprint density at radius 3 is 2.67 bits per heavy atom. The minimum absolute atomic E-state index is 0.283. The number of aryl methyl sites for hydroxylation is 1. The molecule has 3 nitrogen and oxygen atoms in total. The van der Waals surface area contributed by atoms with Gasteiger partial charge in [0.2, 0.25) is 0 Å². The number of carbonyl (C=O) groups is 1. The van der Waals surface area contributed by atoms with Gasteiger partial charge in [-0.3, -0.25) is 4.79 Å². The fraction of sp³-hybridized carbons (Fsp3) is 0.636. The zero-order chi connectivity index (χ0) is 11.4. The van der Waals surface area contributed by atoms with E-state index in [0.717, 1.165) is 17.1 Å². The number of hydrogen-bond donors (Lipinski definition) is 1. The van der Waals surface area contributed by atoms with Gasteiger partial charge < -0.3 is 5.11 Å². The third-order valence-electron chi connectivity index (χ3n) is 2.32. The summed E-state index contributed by atoms with van der Waals surface area (Å²) in [6.07, 6.45) is 1.42. The monoisotopic (exact) mass is 227 g/mol. The van der Waals surface area contributed by atoms with Crippen LogP contribution in [-0.4, -0.2) is 16.1 Å². The molecule has 1 aromatic rings. The summed E-state index contributed by atoms with van der Waals surface area (Å²) >= 11 is 1.66. The van der Waals surface area contributed by atoms with Gasteiger partial charge in [-0.2, -0.15) is 0 Å². The van der Waals surface area contributed by atoms with Gasteiger partial charge >= 0.3 is 5.97 Å². The molecule has 0 amide bonds. The van der Waals surface area contributed by atoms with Crippen LogP contribution in [-0.2, 0) is 11.2 Å². The molecule has 1 unspecified atom stereocenters. The molecule has 0 aliphatic heterocycles. The number of carboxylic acid groups (broad SMARTS) is 1. The van der Waals surface area contributed by atoms with Gasteiger partial charge in [-0.1, -0.05) is 20.8 Å². The van der Waals surface area contributed by atoms with Crippen LogP contribution in [0, 0.1) is 5.92 Å². The molecule has 0 spiro atoms. The Balaban J connectivity index is 2.47. The van der Waals surface area contributed by atoms with Crippen LogP contribution in [0.2, 0.25) is 0 Å². The van der Waals surface area contributed by atoms with Crippen molar-refractivity contribution in [1.82, 2.24) is 4.98 Å². The lowest BCUT2D eigenvalue weighted by atomic mass is 10.1. The van der Waals surface area contributed by atoms with Crippen LogP contribution >= 0.6 is 11.3 Å². The van der Waals surface area contributed by atoms with Crippen molar-refractivity contribution in [2.24, 2.45) is 5.92 Å². The van der Waals surface area contributed by atoms with E-state index in [9.17, 15) is 4.79 Å². The van der Waals surface area contributed by atoms with Gasteiger partial charge in [0.15, 0.2) is 0 Å². The zero-order valence-corrected chi connectivity index (χ0v) is 10.2. The van der Waals surface area contributed by atoms with E-state index in [1.54, 1.807) is 18.3 Å². The Hall–Kier alpha value is -0.900. The molecule has 0 saturated heterocycles. The van der Waals surface area contributed by atoms with E-state index in [2.05, 4.69) is 18.8 Å². The number of aromatic nitrogens is 1. The Bertz CT molecular complexity index is 333. The van der Waals surface area contributed by atoms with Crippen molar-refractivity contribution in [3.05, 3.63) is 16.1 Å². The number of rotatable bonds is 5. The second-order valence-electron chi connectivity index (χ2n) is 4.11. The molecule has 1 heterocycles. The van der Waals surface area contributed by atoms with Gasteiger partial charge in [-0.05, 0) is 12.8 Å². The number of hydrogen-bond acceptors (Lipinski definition) is 3. The molecule has 0 aliphatic carbocycles. The molecule has 1 atom stereocenters. The third-order valence-corrected chi connectivity index (χ3v) is 3.51. The van der Waals surface area contributed by atoms with Crippen LogP contribution in [0.3, 0.4) is 0 Å². The molecule has 0 aliphatic rings. The topological polar surface area (TPSA) is 50.2 Å². The van der Waals surface area contributed by atoms with Crippen LogP contribution in [0.4, 0.5) is 0 Å². The summed E-state index contributed by atoms with van der Waals surface area (Å²) in [6, 6.07) is 0. The minimum Gasteiger partial charge on any atom is -0.481 e. The molecule has 0 saturated carbocycles. The third kappa shape index (κ3) is 3.63. The van der Waals surface area contributed by atoms with E-state index in [0.29, 0.717) is 12.3 Å². The van der Waals surface area contributed by atoms with E-state index in [1.165, 1.54) is 0 Å². The van der Waals surface area contributed by atoms with Crippen LogP contribution in [0.25, 0.3) is 0 Å². The zero-order valence-electron chi connectivity index (χ0n) is 9.36. The van der Waals surface area contributed by atoms with Crippen LogP contribution in [0.5, 0.6) is 0 Å². The molecule has 1 aromatic heterocycles. The lowest BCUT2D eigenvalue weighted by Crippen LogP contribution is -2.10. The maximum atomic E-state index is 10.6. The van der Waals surface area contributed by atoms with Gasteiger partial charge in [0.05, 0.1) is 16.6 Å². The maximum absolute atomic E-state index is 10.6. The number of nitrogens with zero attached hydrogens (tertiary/aromatic N) is 1. The van der Waals surface area contributed by atoms with Crippen LogP contribution in [0.15, 0.2) is 5.38 Å². The molecule has 84 valence electrons. The highest BCUT2D eigenvalue weighted by Crippen LogP contribution is 2.20. The molecule has 1 rings (SSSR count). The normalized spacial score (nSPS) is 13.1. The second kappa shape index (κ2) is 5.26. The molecular weight excluding hydrogens is 210 g/mol. The summed E-state index contributed by atoms with van der Waals surface area (Å²) in [5, 5.41) is 11.9. The fourth-order valence-corrected chi connectivity index (χ4v) is 2.06. The van der Waals surface area contributed by atoms with Crippen molar-refractivity contribution in [2.45, 2.75) is 39.5 Å². The Kier molecular flexibility index (Phi) is 4.27. The van der Waals surface area contributed by atoms with Crippen LogP contribution in [0.1, 0.15) is 43.8 Å². The standard InChI is InChI=1S/C11H17NO2S/c1-7(2)10-12-9(6-15-10)5-4-8(3)11(13)14/h6-8H,4-5H2,1-3H3,(H,13,14). The van der Waals surface area contributed by atoms with E-state index < -0.39 is 5.97 Å². The minimum atomic E-state index is -0.727. The van der Waals surface area contributed by atoms with Crippen molar-refractivity contribution < 1.29 is 9.90 Å². The second-order valence-corrected chi connectivity index (χ2v) is 5.00. The van der Waals surface area contributed by atoms with E-state index in [4.69, 9.17) is 5.11 Å². The van der Waals surface area contributed by atoms with Crippen molar-refractivity contribution in [1.29, 1.82) is 0 Å². The highest BCUT2D eigenvalue weighted by molar-refractivity contribution is 7.09. The van der Waals surface area contributed by atoms with Gasteiger partial charge in [0.25, 0.3) is 0 Å². The van der Waals surface area contributed by atoms with Gasteiger partial charge in [-0.25, -0.2) is 4.98 Å². The van der Waals surface area contributed by atoms with Crippen molar-refractivity contribution in [2.75, 3.05) is 0 Å². The Morgan fingerprint density at radius 2 is 2.20 bits per heavy atom. The van der Waals surface area contributed by atoms with E-state index in [-0.39, 0.29) is 5.92 Å². The quantitative estimate of drug-likeness (QED) is 0.841. The smallest absolute Gasteiger partial charge is 0.306 e. The Labute approximate surface area is 94.2 Å². The molecular formula is C11H17NO2S. The van der Waals surface area contributed by atoms with E-state index >= 15 is 0 Å². The summed E-state index contributed by atoms with van der Waals surface area (Å²) in [4.78, 5) is 15.1. The molecule has 0 aromatic carbocycles. The number of thiazole rings is 1. The molecule has 4 heteroatoms. The SMILES string of the molecule is CC(CCc1csc(C(C)C)n1)C(=O)O. The maximum Gasteiger partial charge on any atom is 0.306 e.